The van der Waals surface area contributed by atoms with Crippen molar-refractivity contribution in [2.75, 3.05) is 26.7 Å². The second-order valence-corrected chi connectivity index (χ2v) is 14.1. The van der Waals surface area contributed by atoms with Gasteiger partial charge in [0.05, 0.1) is 36.6 Å². The SMILES string of the molecule is C=CCCC(=O)N(C)[C@@H](C)[C@@H](OC(=O)[C@@H]1[C@H]2C(=O)N([C@@H](CO)[C@@H](C)CC)[C@H](C(=O)N(CC=C)CCCCC)[C@]23CC[C@H]1O3)c1ccccc1. The monoisotopic (exact) mass is 679 g/mol. The van der Waals surface area contributed by atoms with Gasteiger partial charge in [0.1, 0.15) is 17.7 Å². The number of aliphatic hydroxyl groups excluding tert-OH is 1. The Hall–Kier alpha value is -3.50. The fraction of sp³-hybridized carbons (Fsp3) is 0.641. The summed E-state index contributed by atoms with van der Waals surface area (Å²) in [6.07, 6.45) is 7.18. The highest BCUT2D eigenvalue weighted by Gasteiger charge is 2.76. The van der Waals surface area contributed by atoms with Crippen molar-refractivity contribution in [2.45, 2.75) is 115 Å². The fourth-order valence-electron chi connectivity index (χ4n) is 8.11. The van der Waals surface area contributed by atoms with Crippen molar-refractivity contribution in [2.24, 2.45) is 17.8 Å². The molecule has 1 N–H and O–H groups in total. The topological polar surface area (TPSA) is 117 Å². The number of likely N-dealkylation sites (tertiary alicyclic amines) is 1. The van der Waals surface area contributed by atoms with Crippen LogP contribution in [0.5, 0.6) is 0 Å². The van der Waals surface area contributed by atoms with Gasteiger partial charge in [-0.25, -0.2) is 0 Å². The number of fused-ring (bicyclic) bond motifs is 1. The van der Waals surface area contributed by atoms with Crippen LogP contribution in [0.1, 0.15) is 90.7 Å². The molecule has 3 fully saturated rings. The molecule has 3 saturated heterocycles. The third-order valence-corrected chi connectivity index (χ3v) is 11.2. The summed E-state index contributed by atoms with van der Waals surface area (Å²) < 4.78 is 13.0. The zero-order valence-corrected chi connectivity index (χ0v) is 30.1. The van der Waals surface area contributed by atoms with Crippen molar-refractivity contribution < 1.29 is 33.8 Å². The molecule has 270 valence electrons. The van der Waals surface area contributed by atoms with E-state index in [1.54, 1.807) is 33.9 Å². The van der Waals surface area contributed by atoms with E-state index in [1.807, 2.05) is 51.1 Å². The first-order valence-electron chi connectivity index (χ1n) is 18.1. The van der Waals surface area contributed by atoms with Gasteiger partial charge in [-0.3, -0.25) is 19.2 Å². The van der Waals surface area contributed by atoms with Crippen LogP contribution in [0, 0.1) is 17.8 Å². The number of hydrogen-bond donors (Lipinski definition) is 1. The summed E-state index contributed by atoms with van der Waals surface area (Å²) in [4.78, 5) is 61.7. The number of amides is 3. The molecule has 0 radical (unpaired) electrons. The number of rotatable bonds is 19. The number of likely N-dealkylation sites (N-methyl/N-ethyl adjacent to an activating group) is 1. The maximum Gasteiger partial charge on any atom is 0.313 e. The largest absolute Gasteiger partial charge is 0.455 e. The van der Waals surface area contributed by atoms with E-state index in [9.17, 15) is 24.3 Å². The first-order chi connectivity index (χ1) is 23.5. The first-order valence-corrected chi connectivity index (χ1v) is 18.1. The Balaban J connectivity index is 1.72. The van der Waals surface area contributed by atoms with Gasteiger partial charge in [-0.1, -0.05) is 82.5 Å². The standard InChI is InChI=1S/C39H57N3O7/c1-8-12-17-24-41(23-10-3)37(46)35-39-22-21-30(49-39)32(33(39)36(45)42(35)29(25-43)26(5)11-4)38(47)48-34(28-18-15-14-16-19-28)27(6)40(7)31(44)20-13-9-2/h9-10,14-16,18-19,26-27,29-30,32-35,43H,2-3,8,11-13,17,20-25H2,1,4-7H3/t26-,27-,29-,30+,32-,33-,34+,35+,39-/m0/s1. The van der Waals surface area contributed by atoms with Crippen molar-refractivity contribution in [1.29, 1.82) is 0 Å². The first kappa shape index (κ1) is 38.3. The Labute approximate surface area is 292 Å². The number of aliphatic hydroxyl groups is 1. The Kier molecular flexibility index (Phi) is 13.2. The maximum absolute atomic E-state index is 14.7. The summed E-state index contributed by atoms with van der Waals surface area (Å²) in [5.41, 5.74) is -0.499. The van der Waals surface area contributed by atoms with Crippen LogP contribution in [0.4, 0.5) is 0 Å². The highest BCUT2D eigenvalue weighted by molar-refractivity contribution is 5.98. The highest BCUT2D eigenvalue weighted by atomic mass is 16.6. The molecule has 0 aliphatic carbocycles. The average molecular weight is 680 g/mol. The normalized spacial score (nSPS) is 26.4. The molecular formula is C39H57N3O7. The molecule has 3 aliphatic heterocycles. The molecule has 3 heterocycles. The van der Waals surface area contributed by atoms with E-state index in [2.05, 4.69) is 20.1 Å². The van der Waals surface area contributed by atoms with E-state index in [4.69, 9.17) is 9.47 Å². The molecule has 49 heavy (non-hydrogen) atoms. The van der Waals surface area contributed by atoms with Crippen LogP contribution >= 0.6 is 0 Å². The molecule has 0 aromatic heterocycles. The minimum absolute atomic E-state index is 0.0994. The van der Waals surface area contributed by atoms with Gasteiger partial charge in [0.15, 0.2) is 0 Å². The second kappa shape index (κ2) is 16.9. The van der Waals surface area contributed by atoms with E-state index in [-0.39, 0.29) is 36.7 Å². The second-order valence-electron chi connectivity index (χ2n) is 14.1. The highest BCUT2D eigenvalue weighted by Crippen LogP contribution is 2.59. The predicted octanol–water partition coefficient (Wildman–Crippen LogP) is 5.07. The molecule has 0 unspecified atom stereocenters. The van der Waals surface area contributed by atoms with Crippen molar-refractivity contribution in [3.05, 3.63) is 61.2 Å². The molecule has 9 atom stereocenters. The zero-order chi connectivity index (χ0) is 35.9. The number of allylic oxidation sites excluding steroid dienone is 1. The molecule has 10 heteroatoms. The lowest BCUT2D eigenvalue weighted by atomic mass is 9.70. The van der Waals surface area contributed by atoms with E-state index < -0.39 is 53.7 Å². The Bertz CT molecular complexity index is 1340. The third kappa shape index (κ3) is 7.50. The van der Waals surface area contributed by atoms with Crippen molar-refractivity contribution in [3.8, 4) is 0 Å². The minimum atomic E-state index is -1.22. The van der Waals surface area contributed by atoms with Crippen LogP contribution in [0.25, 0.3) is 0 Å². The minimum Gasteiger partial charge on any atom is -0.455 e. The average Bonchev–Trinajstić information content (AvgIpc) is 3.76. The summed E-state index contributed by atoms with van der Waals surface area (Å²) in [7, 11) is 1.70. The number of unbranched alkanes of at least 4 members (excludes halogenated alkanes) is 2. The van der Waals surface area contributed by atoms with Crippen LogP contribution in [0.2, 0.25) is 0 Å². The molecule has 3 aliphatic rings. The van der Waals surface area contributed by atoms with Crippen molar-refractivity contribution in [3.63, 3.8) is 0 Å². The van der Waals surface area contributed by atoms with Gasteiger partial charge in [-0.15, -0.1) is 13.2 Å². The quantitative estimate of drug-likeness (QED) is 0.123. The maximum atomic E-state index is 14.7. The molecule has 1 aromatic carbocycles. The molecule has 0 saturated carbocycles. The zero-order valence-electron chi connectivity index (χ0n) is 30.1. The molecular weight excluding hydrogens is 622 g/mol. The van der Waals surface area contributed by atoms with Gasteiger partial charge in [0, 0.05) is 26.6 Å². The van der Waals surface area contributed by atoms with Gasteiger partial charge in [0.2, 0.25) is 17.7 Å². The van der Waals surface area contributed by atoms with Gasteiger partial charge in [0.25, 0.3) is 0 Å². The van der Waals surface area contributed by atoms with Crippen LogP contribution < -0.4 is 0 Å². The molecule has 1 spiro atoms. The molecule has 1 aromatic rings. The number of nitrogens with zero attached hydrogens (tertiary/aromatic N) is 3. The Morgan fingerprint density at radius 1 is 1.14 bits per heavy atom. The van der Waals surface area contributed by atoms with E-state index >= 15 is 0 Å². The molecule has 3 amide bonds. The number of benzene rings is 1. The summed E-state index contributed by atoms with van der Waals surface area (Å²) in [6, 6.07) is 7.17. The number of esters is 1. The molecule has 4 rings (SSSR count). The lowest BCUT2D eigenvalue weighted by Gasteiger charge is -2.41. The lowest BCUT2D eigenvalue weighted by Crippen LogP contribution is -2.59. The molecule has 10 nitrogen and oxygen atoms in total. The van der Waals surface area contributed by atoms with E-state index in [0.717, 1.165) is 24.8 Å². The van der Waals surface area contributed by atoms with E-state index in [0.29, 0.717) is 38.8 Å². The van der Waals surface area contributed by atoms with E-state index in [1.165, 1.54) is 0 Å². The predicted molar refractivity (Wildman–Crippen MR) is 188 cm³/mol. The lowest BCUT2D eigenvalue weighted by molar-refractivity contribution is -0.165. The summed E-state index contributed by atoms with van der Waals surface area (Å²) in [5, 5.41) is 10.7. The van der Waals surface area contributed by atoms with Gasteiger partial charge < -0.3 is 29.3 Å². The third-order valence-electron chi connectivity index (χ3n) is 11.2. The van der Waals surface area contributed by atoms with Gasteiger partial charge in [-0.05, 0) is 44.1 Å². The fourth-order valence-corrected chi connectivity index (χ4v) is 8.11. The molecule has 2 bridgehead atoms. The van der Waals surface area contributed by atoms with Crippen LogP contribution in [0.3, 0.4) is 0 Å². The number of carbonyl (C=O) groups is 4. The Morgan fingerprint density at radius 2 is 1.86 bits per heavy atom. The van der Waals surface area contributed by atoms with Crippen molar-refractivity contribution >= 4 is 23.7 Å². The van der Waals surface area contributed by atoms with Gasteiger partial charge in [-0.2, -0.15) is 0 Å². The number of ether oxygens (including phenoxy) is 2. The van der Waals surface area contributed by atoms with Crippen LogP contribution in [0.15, 0.2) is 55.6 Å². The number of carbonyl (C=O) groups excluding carboxylic acids is 4. The Morgan fingerprint density at radius 3 is 2.47 bits per heavy atom. The van der Waals surface area contributed by atoms with Crippen LogP contribution in [-0.2, 0) is 28.7 Å². The number of hydrogen-bond acceptors (Lipinski definition) is 7. The van der Waals surface area contributed by atoms with Gasteiger partial charge >= 0.3 is 5.97 Å². The summed E-state index contributed by atoms with van der Waals surface area (Å²) in [5.74, 6) is -3.25. The summed E-state index contributed by atoms with van der Waals surface area (Å²) in [6.45, 7) is 16.0. The summed E-state index contributed by atoms with van der Waals surface area (Å²) >= 11 is 0. The smallest absolute Gasteiger partial charge is 0.313 e. The van der Waals surface area contributed by atoms with Crippen molar-refractivity contribution in [1.82, 2.24) is 14.7 Å². The van der Waals surface area contributed by atoms with Crippen LogP contribution in [-0.4, -0.2) is 100 Å².